The minimum Gasteiger partial charge on any atom is -0.338 e. The smallest absolute Gasteiger partial charge is 0.225 e. The van der Waals surface area contributed by atoms with Gasteiger partial charge in [-0.15, -0.1) is 0 Å². The van der Waals surface area contributed by atoms with E-state index in [1.165, 1.54) is 0 Å². The van der Waals surface area contributed by atoms with Crippen molar-refractivity contribution < 1.29 is 0 Å². The Morgan fingerprint density at radius 3 is 2.30 bits per heavy atom. The topological polar surface area (TPSA) is 41.1 Å². The van der Waals surface area contributed by atoms with Gasteiger partial charge in [0.15, 0.2) is 0 Å². The van der Waals surface area contributed by atoms with Gasteiger partial charge in [-0.1, -0.05) is 29.3 Å². The molecule has 4 nitrogen and oxygen atoms in total. The summed E-state index contributed by atoms with van der Waals surface area (Å²) in [5.74, 6) is 0.773. The molecule has 2 aromatic rings. The van der Waals surface area contributed by atoms with E-state index < -0.39 is 0 Å². The molecule has 0 saturated carbocycles. The molecule has 2 heterocycles. The van der Waals surface area contributed by atoms with E-state index in [4.69, 9.17) is 23.2 Å². The summed E-state index contributed by atoms with van der Waals surface area (Å²) < 4.78 is 0. The summed E-state index contributed by atoms with van der Waals surface area (Å²) >= 11 is 11.9. The van der Waals surface area contributed by atoms with Gasteiger partial charge in [0, 0.05) is 44.1 Å². The van der Waals surface area contributed by atoms with Crippen molar-refractivity contribution in [2.24, 2.45) is 0 Å². The van der Waals surface area contributed by atoms with Crippen LogP contribution in [0, 0.1) is 0 Å². The molecule has 20 heavy (non-hydrogen) atoms. The van der Waals surface area contributed by atoms with E-state index in [1.54, 1.807) is 6.07 Å². The fraction of sp³-hybridized carbons (Fsp3) is 0.286. The van der Waals surface area contributed by atoms with Crippen LogP contribution in [0.2, 0.25) is 10.0 Å². The Morgan fingerprint density at radius 2 is 1.65 bits per heavy atom. The van der Waals surface area contributed by atoms with E-state index in [-0.39, 0.29) is 0 Å². The number of rotatable bonds is 2. The Morgan fingerprint density at radius 1 is 0.950 bits per heavy atom. The number of piperazine rings is 1. The molecule has 3 rings (SSSR count). The van der Waals surface area contributed by atoms with Crippen LogP contribution in [0.4, 0.5) is 5.95 Å². The summed E-state index contributed by atoms with van der Waals surface area (Å²) in [4.78, 5) is 11.1. The molecular weight excluding hydrogens is 295 g/mol. The zero-order chi connectivity index (χ0) is 13.9. The molecule has 1 N–H and O–H groups in total. The number of hydrogen-bond acceptors (Lipinski definition) is 4. The molecule has 1 aliphatic rings. The van der Waals surface area contributed by atoms with Crippen molar-refractivity contribution in [2.75, 3.05) is 31.1 Å². The molecule has 0 aliphatic carbocycles. The highest BCUT2D eigenvalue weighted by molar-refractivity contribution is 6.42. The predicted octanol–water partition coefficient (Wildman–Crippen LogP) is 2.86. The molecule has 0 unspecified atom stereocenters. The van der Waals surface area contributed by atoms with Crippen LogP contribution in [0.25, 0.3) is 11.1 Å². The zero-order valence-electron chi connectivity index (χ0n) is 10.8. The van der Waals surface area contributed by atoms with Gasteiger partial charge in [-0.2, -0.15) is 0 Å². The molecular formula is C14H14Cl2N4. The van der Waals surface area contributed by atoms with Gasteiger partial charge in [0.2, 0.25) is 5.95 Å². The van der Waals surface area contributed by atoms with Gasteiger partial charge in [0.25, 0.3) is 0 Å². The second-order valence-electron chi connectivity index (χ2n) is 4.64. The van der Waals surface area contributed by atoms with Crippen molar-refractivity contribution in [2.45, 2.75) is 0 Å². The van der Waals surface area contributed by atoms with Crippen molar-refractivity contribution in [1.29, 1.82) is 0 Å². The number of nitrogens with one attached hydrogen (secondary N) is 1. The zero-order valence-corrected chi connectivity index (χ0v) is 12.3. The molecule has 0 spiro atoms. The van der Waals surface area contributed by atoms with Crippen molar-refractivity contribution in [3.63, 3.8) is 0 Å². The Bertz CT molecular complexity index is 595. The first kappa shape index (κ1) is 13.6. The molecule has 0 bridgehead atoms. The standard InChI is InChI=1S/C14H14Cl2N4/c15-12-2-1-10(7-13(12)16)11-8-18-14(19-9-11)20-5-3-17-4-6-20/h1-2,7-9,17H,3-6H2. The van der Waals surface area contributed by atoms with Crippen molar-refractivity contribution in [3.05, 3.63) is 40.6 Å². The van der Waals surface area contributed by atoms with Crippen molar-refractivity contribution in [1.82, 2.24) is 15.3 Å². The average Bonchev–Trinajstić information content (AvgIpc) is 2.51. The number of halogens is 2. The lowest BCUT2D eigenvalue weighted by atomic mass is 10.1. The number of nitrogens with zero attached hydrogens (tertiary/aromatic N) is 3. The van der Waals surface area contributed by atoms with Gasteiger partial charge in [-0.3, -0.25) is 0 Å². The third-order valence-corrected chi connectivity index (χ3v) is 4.03. The molecule has 0 amide bonds. The Hall–Kier alpha value is -1.36. The lowest BCUT2D eigenvalue weighted by molar-refractivity contribution is 0.580. The van der Waals surface area contributed by atoms with Crippen LogP contribution in [0.3, 0.4) is 0 Å². The molecule has 1 aromatic heterocycles. The maximum absolute atomic E-state index is 6.03. The van der Waals surface area contributed by atoms with Gasteiger partial charge in [0.1, 0.15) is 0 Å². The maximum atomic E-state index is 6.03. The fourth-order valence-corrected chi connectivity index (χ4v) is 2.47. The van der Waals surface area contributed by atoms with Gasteiger partial charge >= 0.3 is 0 Å². The predicted molar refractivity (Wildman–Crippen MR) is 82.6 cm³/mol. The van der Waals surface area contributed by atoms with Crippen LogP contribution >= 0.6 is 23.2 Å². The highest BCUT2D eigenvalue weighted by Crippen LogP contribution is 2.28. The van der Waals surface area contributed by atoms with E-state index >= 15 is 0 Å². The van der Waals surface area contributed by atoms with E-state index in [0.717, 1.165) is 43.3 Å². The minimum absolute atomic E-state index is 0.537. The van der Waals surface area contributed by atoms with Crippen LogP contribution in [0.15, 0.2) is 30.6 Å². The second-order valence-corrected chi connectivity index (χ2v) is 5.45. The third kappa shape index (κ3) is 2.87. The fourth-order valence-electron chi connectivity index (χ4n) is 2.17. The van der Waals surface area contributed by atoms with Crippen LogP contribution < -0.4 is 10.2 Å². The average molecular weight is 309 g/mol. The number of hydrogen-bond donors (Lipinski definition) is 1. The first-order valence-electron chi connectivity index (χ1n) is 6.47. The molecule has 104 valence electrons. The number of aromatic nitrogens is 2. The van der Waals surface area contributed by atoms with Crippen molar-refractivity contribution in [3.8, 4) is 11.1 Å². The van der Waals surface area contributed by atoms with E-state index in [9.17, 15) is 0 Å². The normalized spacial score (nSPS) is 15.4. The molecule has 1 aliphatic heterocycles. The highest BCUT2D eigenvalue weighted by Gasteiger charge is 2.13. The molecule has 0 atom stereocenters. The van der Waals surface area contributed by atoms with E-state index in [1.807, 2.05) is 24.5 Å². The SMILES string of the molecule is Clc1ccc(-c2cnc(N3CCNCC3)nc2)cc1Cl. The Labute approximate surface area is 127 Å². The quantitative estimate of drug-likeness (QED) is 0.926. The summed E-state index contributed by atoms with van der Waals surface area (Å²) in [7, 11) is 0. The van der Waals surface area contributed by atoms with Crippen molar-refractivity contribution >= 4 is 29.2 Å². The monoisotopic (exact) mass is 308 g/mol. The highest BCUT2D eigenvalue weighted by atomic mass is 35.5. The third-order valence-electron chi connectivity index (χ3n) is 3.29. The molecule has 1 saturated heterocycles. The lowest BCUT2D eigenvalue weighted by Crippen LogP contribution is -2.44. The summed E-state index contributed by atoms with van der Waals surface area (Å²) in [5, 5.41) is 4.40. The first-order valence-corrected chi connectivity index (χ1v) is 7.23. The summed E-state index contributed by atoms with van der Waals surface area (Å²) in [6.07, 6.45) is 3.65. The van der Waals surface area contributed by atoms with Crippen LogP contribution in [0.5, 0.6) is 0 Å². The number of benzene rings is 1. The van der Waals surface area contributed by atoms with E-state index in [2.05, 4.69) is 20.2 Å². The van der Waals surface area contributed by atoms with Gasteiger partial charge in [-0.05, 0) is 17.7 Å². The molecule has 1 aromatic carbocycles. The summed E-state index contributed by atoms with van der Waals surface area (Å²) in [6, 6.07) is 5.52. The Balaban J connectivity index is 1.83. The largest absolute Gasteiger partial charge is 0.338 e. The van der Waals surface area contributed by atoms with E-state index in [0.29, 0.717) is 10.0 Å². The van der Waals surface area contributed by atoms with Crippen LogP contribution in [-0.4, -0.2) is 36.1 Å². The minimum atomic E-state index is 0.537. The summed E-state index contributed by atoms with van der Waals surface area (Å²) in [5.41, 5.74) is 1.90. The van der Waals surface area contributed by atoms with Gasteiger partial charge < -0.3 is 10.2 Å². The molecule has 0 radical (unpaired) electrons. The summed E-state index contributed by atoms with van der Waals surface area (Å²) in [6.45, 7) is 3.81. The van der Waals surface area contributed by atoms with Gasteiger partial charge in [0.05, 0.1) is 10.0 Å². The van der Waals surface area contributed by atoms with Crippen LogP contribution in [-0.2, 0) is 0 Å². The van der Waals surface area contributed by atoms with Gasteiger partial charge in [-0.25, -0.2) is 9.97 Å². The van der Waals surface area contributed by atoms with Crippen LogP contribution in [0.1, 0.15) is 0 Å². The number of anilines is 1. The lowest BCUT2D eigenvalue weighted by Gasteiger charge is -2.27. The maximum Gasteiger partial charge on any atom is 0.225 e. The second kappa shape index (κ2) is 5.95. The Kier molecular flexibility index (Phi) is 4.05. The first-order chi connectivity index (χ1) is 9.74. The molecule has 1 fully saturated rings. The molecule has 6 heteroatoms.